The zero-order valence-corrected chi connectivity index (χ0v) is 11.0. The SMILES string of the molecule is CC(=O)O.CC(O)C=CC(C)O.CS(=O)(=O)O. The van der Waals surface area contributed by atoms with Crippen molar-refractivity contribution in [2.24, 2.45) is 0 Å². The average Bonchev–Trinajstić information content (AvgIpc) is 1.96. The number of carboxylic acid groups (broad SMARTS) is 1. The van der Waals surface area contributed by atoms with Crippen LogP contribution >= 0.6 is 0 Å². The second-order valence-electron chi connectivity index (χ2n) is 3.12. The third-order valence-corrected chi connectivity index (χ3v) is 0.668. The molecule has 0 heterocycles. The van der Waals surface area contributed by atoms with E-state index < -0.39 is 28.3 Å². The van der Waals surface area contributed by atoms with Crippen LogP contribution in [0.1, 0.15) is 20.8 Å². The molecule has 7 nitrogen and oxygen atoms in total. The second-order valence-corrected chi connectivity index (χ2v) is 4.58. The third-order valence-electron chi connectivity index (χ3n) is 0.668. The Hall–Kier alpha value is -0.960. The third kappa shape index (κ3) is 157. The molecular weight excluding hydrogens is 252 g/mol. The van der Waals surface area contributed by atoms with Crippen molar-refractivity contribution in [3.63, 3.8) is 0 Å². The topological polar surface area (TPSA) is 132 Å². The van der Waals surface area contributed by atoms with Gasteiger partial charge in [0.1, 0.15) is 0 Å². The number of carbonyl (C=O) groups is 1. The van der Waals surface area contributed by atoms with Gasteiger partial charge in [-0.05, 0) is 13.8 Å². The normalized spacial score (nSPS) is 13.8. The molecule has 104 valence electrons. The summed E-state index contributed by atoms with van der Waals surface area (Å²) in [5, 5.41) is 24.6. The smallest absolute Gasteiger partial charge is 0.300 e. The fraction of sp³-hybridized carbons (Fsp3) is 0.667. The molecular formula is C9H20O7S. The van der Waals surface area contributed by atoms with E-state index in [9.17, 15) is 8.42 Å². The summed E-state index contributed by atoms with van der Waals surface area (Å²) in [6.45, 7) is 4.36. The number of hydrogen-bond donors (Lipinski definition) is 4. The predicted octanol–water partition coefficient (Wildman–Crippen LogP) is -0.101. The summed E-state index contributed by atoms with van der Waals surface area (Å²) in [5.74, 6) is -0.833. The molecule has 0 radical (unpaired) electrons. The quantitative estimate of drug-likeness (QED) is 0.407. The van der Waals surface area contributed by atoms with Crippen LogP contribution in [0.25, 0.3) is 0 Å². The minimum absolute atomic E-state index is 0.454. The van der Waals surface area contributed by atoms with Gasteiger partial charge in [0.05, 0.1) is 18.5 Å². The van der Waals surface area contributed by atoms with E-state index in [4.69, 9.17) is 24.7 Å². The van der Waals surface area contributed by atoms with Crippen LogP contribution in [0.3, 0.4) is 0 Å². The van der Waals surface area contributed by atoms with Gasteiger partial charge in [0, 0.05) is 6.92 Å². The summed E-state index contributed by atoms with van der Waals surface area (Å²) < 4.78 is 25.9. The zero-order chi connectivity index (χ0) is 14.6. The molecule has 4 N–H and O–H groups in total. The zero-order valence-electron chi connectivity index (χ0n) is 10.2. The summed E-state index contributed by atoms with van der Waals surface area (Å²) in [4.78, 5) is 9.00. The van der Waals surface area contributed by atoms with Crippen LogP contribution in [0.5, 0.6) is 0 Å². The number of aliphatic hydroxyl groups excluding tert-OH is 2. The van der Waals surface area contributed by atoms with Crippen LogP contribution in [-0.4, -0.2) is 52.7 Å². The van der Waals surface area contributed by atoms with Crippen LogP contribution in [-0.2, 0) is 14.9 Å². The van der Waals surface area contributed by atoms with Crippen molar-refractivity contribution in [3.05, 3.63) is 12.2 Å². The average molecular weight is 272 g/mol. The molecule has 0 aliphatic rings. The van der Waals surface area contributed by atoms with Gasteiger partial charge >= 0.3 is 0 Å². The molecule has 0 saturated heterocycles. The lowest BCUT2D eigenvalue weighted by atomic mass is 10.3. The first-order chi connectivity index (χ1) is 7.36. The Morgan fingerprint density at radius 1 is 1.12 bits per heavy atom. The van der Waals surface area contributed by atoms with Gasteiger partial charge in [-0.3, -0.25) is 9.35 Å². The number of rotatable bonds is 2. The molecule has 2 atom stereocenters. The molecule has 0 amide bonds. The van der Waals surface area contributed by atoms with Gasteiger partial charge in [-0.1, -0.05) is 12.2 Å². The highest BCUT2D eigenvalue weighted by molar-refractivity contribution is 7.85. The molecule has 8 heteroatoms. The minimum atomic E-state index is -3.67. The maximum Gasteiger partial charge on any atom is 0.300 e. The van der Waals surface area contributed by atoms with Crippen LogP contribution in [0.15, 0.2) is 12.2 Å². The molecule has 0 saturated carbocycles. The molecule has 0 bridgehead atoms. The molecule has 17 heavy (non-hydrogen) atoms. The first-order valence-electron chi connectivity index (χ1n) is 4.52. The summed E-state index contributed by atoms with van der Waals surface area (Å²) >= 11 is 0. The van der Waals surface area contributed by atoms with Crippen LogP contribution in [0.4, 0.5) is 0 Å². The van der Waals surface area contributed by atoms with Crippen LogP contribution in [0.2, 0.25) is 0 Å². The van der Waals surface area contributed by atoms with E-state index in [-0.39, 0.29) is 0 Å². The first-order valence-corrected chi connectivity index (χ1v) is 6.37. The van der Waals surface area contributed by atoms with Crippen molar-refractivity contribution >= 4 is 16.1 Å². The maximum absolute atomic E-state index is 9.19. The molecule has 0 aromatic rings. The van der Waals surface area contributed by atoms with Gasteiger partial charge in [-0.25, -0.2) is 0 Å². The number of aliphatic carboxylic acids is 1. The molecule has 0 aromatic heterocycles. The Kier molecular flexibility index (Phi) is 14.5. The molecule has 0 spiro atoms. The standard InChI is InChI=1S/C6H12O2.C2H4O2.CH4O3S/c1-5(7)3-4-6(2)8;1-2(3)4;1-5(2,3)4/h3-8H,1-2H3;1H3,(H,3,4);1H3,(H,2,3,4). The predicted molar refractivity (Wildman–Crippen MR) is 63.3 cm³/mol. The molecule has 0 aromatic carbocycles. The van der Waals surface area contributed by atoms with Crippen molar-refractivity contribution < 1.29 is 33.1 Å². The molecule has 0 fully saturated rings. The first kappa shape index (κ1) is 21.3. The summed E-state index contributed by atoms with van der Waals surface area (Å²) in [6.07, 6.45) is 2.90. The minimum Gasteiger partial charge on any atom is -0.481 e. The van der Waals surface area contributed by atoms with Crippen molar-refractivity contribution in [2.45, 2.75) is 33.0 Å². The Morgan fingerprint density at radius 3 is 1.29 bits per heavy atom. The van der Waals surface area contributed by atoms with Crippen molar-refractivity contribution in [1.82, 2.24) is 0 Å². The van der Waals surface area contributed by atoms with Gasteiger partial charge in [0.25, 0.3) is 16.1 Å². The summed E-state index contributed by atoms with van der Waals surface area (Å²) in [5.41, 5.74) is 0. The van der Waals surface area contributed by atoms with Crippen molar-refractivity contribution in [1.29, 1.82) is 0 Å². The van der Waals surface area contributed by atoms with Crippen LogP contribution in [0, 0.1) is 0 Å². The Balaban J connectivity index is -0.000000188. The number of carboxylic acids is 1. The maximum atomic E-state index is 9.19. The van der Waals surface area contributed by atoms with Gasteiger partial charge < -0.3 is 15.3 Å². The fourth-order valence-corrected chi connectivity index (χ4v) is 0.322. The lowest BCUT2D eigenvalue weighted by Gasteiger charge is -1.94. The van der Waals surface area contributed by atoms with E-state index in [0.717, 1.165) is 6.92 Å². The number of hydrogen-bond acceptors (Lipinski definition) is 5. The van der Waals surface area contributed by atoms with Crippen LogP contribution < -0.4 is 0 Å². The molecule has 2 unspecified atom stereocenters. The second kappa shape index (κ2) is 11.5. The van der Waals surface area contributed by atoms with Gasteiger partial charge in [0.15, 0.2) is 0 Å². The van der Waals surface area contributed by atoms with Gasteiger partial charge in [0.2, 0.25) is 0 Å². The highest BCUT2D eigenvalue weighted by Gasteiger charge is 1.87. The van der Waals surface area contributed by atoms with Crippen molar-refractivity contribution in [2.75, 3.05) is 6.26 Å². The Morgan fingerprint density at radius 2 is 1.24 bits per heavy atom. The molecule has 0 rings (SSSR count). The summed E-state index contributed by atoms with van der Waals surface area (Å²) in [7, 11) is -3.67. The van der Waals surface area contributed by atoms with Gasteiger partial charge in [-0.15, -0.1) is 0 Å². The van der Waals surface area contributed by atoms with Gasteiger partial charge in [-0.2, -0.15) is 8.42 Å². The van der Waals surface area contributed by atoms with E-state index >= 15 is 0 Å². The van der Waals surface area contributed by atoms with E-state index in [1.165, 1.54) is 0 Å². The van der Waals surface area contributed by atoms with E-state index in [1.54, 1.807) is 26.0 Å². The lowest BCUT2D eigenvalue weighted by molar-refractivity contribution is -0.134. The monoisotopic (exact) mass is 272 g/mol. The van der Waals surface area contributed by atoms with E-state index in [1.807, 2.05) is 0 Å². The van der Waals surface area contributed by atoms with E-state index in [0.29, 0.717) is 6.26 Å². The Bertz CT molecular complexity index is 281. The van der Waals surface area contributed by atoms with Crippen molar-refractivity contribution in [3.8, 4) is 0 Å². The molecule has 0 aliphatic carbocycles. The largest absolute Gasteiger partial charge is 0.481 e. The highest BCUT2D eigenvalue weighted by Crippen LogP contribution is 1.86. The number of aliphatic hydroxyl groups is 2. The van der Waals surface area contributed by atoms with E-state index in [2.05, 4.69) is 0 Å². The highest BCUT2D eigenvalue weighted by atomic mass is 32.2. The molecule has 0 aliphatic heterocycles. The Labute approximate surface area is 101 Å². The fourth-order valence-electron chi connectivity index (χ4n) is 0.322. The lowest BCUT2D eigenvalue weighted by Crippen LogP contribution is -1.97. The summed E-state index contributed by atoms with van der Waals surface area (Å²) in [6, 6.07) is 0.